The first kappa shape index (κ1) is 15.1. The summed E-state index contributed by atoms with van der Waals surface area (Å²) in [6.45, 7) is 2.78. The number of aliphatic hydroxyl groups excluding tert-OH is 1. The number of carbonyl (C=O) groups excluding carboxylic acids is 1. The third kappa shape index (κ3) is 3.61. The number of nitrogens with zero attached hydrogens (tertiary/aromatic N) is 1. The van der Waals surface area contributed by atoms with Crippen molar-refractivity contribution in [2.75, 3.05) is 24.2 Å². The second-order valence-corrected chi connectivity index (χ2v) is 5.83. The quantitative estimate of drug-likeness (QED) is 0.718. The molecule has 1 saturated carbocycles. The minimum Gasteiger partial charge on any atom is -0.462 e. The molecule has 20 heavy (non-hydrogen) atoms. The van der Waals surface area contributed by atoms with Crippen LogP contribution >= 0.6 is 11.5 Å². The highest BCUT2D eigenvalue weighted by atomic mass is 32.1. The first-order valence-electron chi connectivity index (χ1n) is 6.96. The molecule has 2 unspecified atom stereocenters. The van der Waals surface area contributed by atoms with Crippen LogP contribution in [0.1, 0.15) is 43.0 Å². The number of esters is 1. The van der Waals surface area contributed by atoms with E-state index in [9.17, 15) is 9.90 Å². The van der Waals surface area contributed by atoms with E-state index in [1.54, 1.807) is 6.92 Å². The summed E-state index contributed by atoms with van der Waals surface area (Å²) in [7, 11) is 0. The monoisotopic (exact) mass is 299 g/mol. The second kappa shape index (κ2) is 6.90. The molecule has 7 heteroatoms. The molecule has 2 atom stereocenters. The van der Waals surface area contributed by atoms with Crippen molar-refractivity contribution >= 4 is 28.3 Å². The highest BCUT2D eigenvalue weighted by Gasteiger charge is 2.23. The summed E-state index contributed by atoms with van der Waals surface area (Å²) in [6.07, 6.45) is 3.62. The fourth-order valence-corrected chi connectivity index (χ4v) is 3.22. The number of nitrogens with two attached hydrogens (primary N) is 1. The van der Waals surface area contributed by atoms with E-state index in [4.69, 9.17) is 10.5 Å². The molecule has 112 valence electrons. The van der Waals surface area contributed by atoms with Crippen molar-refractivity contribution < 1.29 is 14.6 Å². The fraction of sp³-hybridized carbons (Fsp3) is 0.692. The number of anilines is 2. The van der Waals surface area contributed by atoms with Crippen LogP contribution in [0.15, 0.2) is 0 Å². The van der Waals surface area contributed by atoms with Gasteiger partial charge in [0.05, 0.1) is 12.7 Å². The van der Waals surface area contributed by atoms with E-state index in [1.807, 2.05) is 0 Å². The van der Waals surface area contributed by atoms with Gasteiger partial charge in [0.1, 0.15) is 10.6 Å². The van der Waals surface area contributed by atoms with Gasteiger partial charge in [0.15, 0.2) is 5.82 Å². The van der Waals surface area contributed by atoms with E-state index in [1.165, 1.54) is 11.5 Å². The maximum atomic E-state index is 11.8. The van der Waals surface area contributed by atoms with Crippen molar-refractivity contribution in [3.8, 4) is 0 Å². The maximum absolute atomic E-state index is 11.8. The highest BCUT2D eigenvalue weighted by Crippen LogP contribution is 2.30. The molecule has 0 amide bonds. The molecular formula is C13H21N3O3S. The van der Waals surface area contributed by atoms with E-state index in [-0.39, 0.29) is 11.9 Å². The lowest BCUT2D eigenvalue weighted by atomic mass is 9.87. The molecule has 0 spiro atoms. The van der Waals surface area contributed by atoms with Crippen molar-refractivity contribution in [3.05, 3.63) is 5.56 Å². The van der Waals surface area contributed by atoms with Gasteiger partial charge in [0.2, 0.25) is 0 Å². The van der Waals surface area contributed by atoms with E-state index in [0.717, 1.165) is 25.7 Å². The normalized spacial score (nSPS) is 22.5. The summed E-state index contributed by atoms with van der Waals surface area (Å²) in [5, 5.41) is 13.5. The van der Waals surface area contributed by atoms with Gasteiger partial charge in [-0.05, 0) is 43.6 Å². The fourth-order valence-electron chi connectivity index (χ4n) is 2.51. The molecule has 1 aromatic rings. The molecule has 1 aliphatic rings. The summed E-state index contributed by atoms with van der Waals surface area (Å²) in [4.78, 5) is 11.8. The molecule has 0 bridgehead atoms. The van der Waals surface area contributed by atoms with Crippen LogP contribution in [0, 0.1) is 5.92 Å². The number of aliphatic hydroxyl groups is 1. The van der Waals surface area contributed by atoms with Crippen molar-refractivity contribution in [1.29, 1.82) is 0 Å². The minimum absolute atomic E-state index is 0.202. The summed E-state index contributed by atoms with van der Waals surface area (Å²) >= 11 is 1.17. The Morgan fingerprint density at radius 1 is 1.60 bits per heavy atom. The molecule has 1 heterocycles. The first-order chi connectivity index (χ1) is 9.61. The van der Waals surface area contributed by atoms with Crippen LogP contribution in [-0.4, -0.2) is 34.7 Å². The SMILES string of the molecule is CCOC(=O)c1c(N)nsc1NCC1CCCC(O)C1. The van der Waals surface area contributed by atoms with Crippen molar-refractivity contribution in [2.24, 2.45) is 5.92 Å². The van der Waals surface area contributed by atoms with Gasteiger partial charge < -0.3 is 20.9 Å². The number of aromatic nitrogens is 1. The smallest absolute Gasteiger partial charge is 0.344 e. The number of carbonyl (C=O) groups is 1. The Morgan fingerprint density at radius 3 is 3.10 bits per heavy atom. The van der Waals surface area contributed by atoms with Crippen LogP contribution < -0.4 is 11.1 Å². The number of nitrogen functional groups attached to an aromatic ring is 1. The van der Waals surface area contributed by atoms with E-state index in [0.29, 0.717) is 29.6 Å². The predicted octanol–water partition coefficient (Wildman–Crippen LogP) is 1.86. The third-order valence-electron chi connectivity index (χ3n) is 3.50. The molecule has 2 rings (SSSR count). The average molecular weight is 299 g/mol. The lowest BCUT2D eigenvalue weighted by Crippen LogP contribution is -2.25. The molecule has 0 radical (unpaired) electrons. The van der Waals surface area contributed by atoms with Crippen molar-refractivity contribution in [2.45, 2.75) is 38.7 Å². The summed E-state index contributed by atoms with van der Waals surface area (Å²) in [6, 6.07) is 0. The zero-order chi connectivity index (χ0) is 14.5. The standard InChI is InChI=1S/C13H21N3O3S/c1-2-19-13(18)10-11(14)16-20-12(10)15-7-8-4-3-5-9(17)6-8/h8-9,15,17H,2-7H2,1H3,(H2,14,16). The van der Waals surface area contributed by atoms with Crippen LogP contribution in [0.2, 0.25) is 0 Å². The first-order valence-corrected chi connectivity index (χ1v) is 7.73. The number of rotatable bonds is 5. The topological polar surface area (TPSA) is 97.5 Å². The number of ether oxygens (including phenoxy) is 1. The number of nitrogens with one attached hydrogen (secondary N) is 1. The average Bonchev–Trinajstić information content (AvgIpc) is 2.78. The zero-order valence-corrected chi connectivity index (χ0v) is 12.4. The van der Waals surface area contributed by atoms with Crippen LogP contribution in [0.3, 0.4) is 0 Å². The van der Waals surface area contributed by atoms with E-state index in [2.05, 4.69) is 9.69 Å². The third-order valence-corrected chi connectivity index (χ3v) is 4.32. The predicted molar refractivity (Wildman–Crippen MR) is 78.9 cm³/mol. The summed E-state index contributed by atoms with van der Waals surface area (Å²) < 4.78 is 8.99. The van der Waals surface area contributed by atoms with Gasteiger partial charge in [0.25, 0.3) is 0 Å². The Kier molecular flexibility index (Phi) is 5.19. The molecule has 1 aromatic heterocycles. The Labute approximate surface area is 122 Å². The number of hydrogen-bond acceptors (Lipinski definition) is 7. The van der Waals surface area contributed by atoms with Gasteiger partial charge in [-0.15, -0.1) is 0 Å². The van der Waals surface area contributed by atoms with Gasteiger partial charge in [-0.25, -0.2) is 4.79 Å². The van der Waals surface area contributed by atoms with Gasteiger partial charge in [-0.3, -0.25) is 0 Å². The highest BCUT2D eigenvalue weighted by molar-refractivity contribution is 7.11. The molecular weight excluding hydrogens is 278 g/mol. The Morgan fingerprint density at radius 2 is 2.40 bits per heavy atom. The van der Waals surface area contributed by atoms with Gasteiger partial charge >= 0.3 is 5.97 Å². The van der Waals surface area contributed by atoms with Crippen molar-refractivity contribution in [1.82, 2.24) is 4.37 Å². The maximum Gasteiger partial charge on any atom is 0.344 e. The van der Waals surface area contributed by atoms with Crippen LogP contribution in [0.4, 0.5) is 10.8 Å². The van der Waals surface area contributed by atoms with Gasteiger partial charge in [-0.2, -0.15) is 4.37 Å². The van der Waals surface area contributed by atoms with Gasteiger partial charge in [-0.1, -0.05) is 6.42 Å². The molecule has 0 saturated heterocycles. The summed E-state index contributed by atoms with van der Waals surface area (Å²) in [5.74, 6) is 0.182. The molecule has 0 aromatic carbocycles. The Bertz CT molecular complexity index is 464. The lowest BCUT2D eigenvalue weighted by Gasteiger charge is -2.26. The van der Waals surface area contributed by atoms with Crippen LogP contribution in [-0.2, 0) is 4.74 Å². The molecule has 6 nitrogen and oxygen atoms in total. The van der Waals surface area contributed by atoms with Crippen LogP contribution in [0.25, 0.3) is 0 Å². The lowest BCUT2D eigenvalue weighted by molar-refractivity contribution is 0.0529. The summed E-state index contributed by atoms with van der Waals surface area (Å²) in [5.41, 5.74) is 6.05. The van der Waals surface area contributed by atoms with Crippen molar-refractivity contribution in [3.63, 3.8) is 0 Å². The Balaban J connectivity index is 1.97. The van der Waals surface area contributed by atoms with E-state index >= 15 is 0 Å². The number of hydrogen-bond donors (Lipinski definition) is 3. The molecule has 0 aliphatic heterocycles. The van der Waals surface area contributed by atoms with Crippen LogP contribution in [0.5, 0.6) is 0 Å². The second-order valence-electron chi connectivity index (χ2n) is 5.06. The molecule has 1 fully saturated rings. The van der Waals surface area contributed by atoms with Gasteiger partial charge in [0, 0.05) is 6.54 Å². The van der Waals surface area contributed by atoms with E-state index < -0.39 is 5.97 Å². The minimum atomic E-state index is -0.440. The zero-order valence-electron chi connectivity index (χ0n) is 11.6. The Hall–Kier alpha value is -1.34. The molecule has 4 N–H and O–H groups in total. The molecule has 1 aliphatic carbocycles. The largest absolute Gasteiger partial charge is 0.462 e.